The number of Topliss-reactive ketones (excluding diaryl/α,β-unsaturated/α-hetero) is 1. The van der Waals surface area contributed by atoms with Gasteiger partial charge in [-0.25, -0.2) is 0 Å². The van der Waals surface area contributed by atoms with Crippen molar-refractivity contribution in [3.8, 4) is 0 Å². The number of fused-ring (bicyclic) bond motifs is 6. The highest BCUT2D eigenvalue weighted by Gasteiger charge is 2.63. The minimum atomic E-state index is -0.534. The van der Waals surface area contributed by atoms with E-state index in [-0.39, 0.29) is 23.3 Å². The first kappa shape index (κ1) is 23.6. The number of ether oxygens (including phenoxy) is 1. The van der Waals surface area contributed by atoms with Gasteiger partial charge in [0, 0.05) is 13.0 Å². The summed E-state index contributed by atoms with van der Waals surface area (Å²) in [5.74, 6) is 2.90. The van der Waals surface area contributed by atoms with E-state index in [1.54, 1.807) is 4.80 Å². The van der Waals surface area contributed by atoms with Crippen LogP contribution in [0.2, 0.25) is 0 Å². The van der Waals surface area contributed by atoms with Crippen LogP contribution in [0.3, 0.4) is 0 Å². The van der Waals surface area contributed by atoms with Crippen LogP contribution in [0.15, 0.2) is 24.3 Å². The predicted octanol–water partition coefficient (Wildman–Crippen LogP) is 5.04. The number of hydrogen-bond acceptors (Lipinski definition) is 5. The second kappa shape index (κ2) is 8.37. The molecule has 8 atom stereocenters. The lowest BCUT2D eigenvalue weighted by molar-refractivity contribution is -0.175. The third-order valence-corrected chi connectivity index (χ3v) is 11.1. The Balaban J connectivity index is 1.23. The van der Waals surface area contributed by atoms with Crippen molar-refractivity contribution in [1.82, 2.24) is 15.0 Å². The molecule has 1 aromatic carbocycles. The van der Waals surface area contributed by atoms with Crippen molar-refractivity contribution >= 4 is 16.8 Å². The standard InChI is InChI=1S/C29H41N3O3/c1-27(34)14-15-29(18-35-3)19(16-27)8-9-20-21-10-11-23(28(21,2)13-12-22(20)29)26(33)17-32-30-24-6-4-5-7-25(24)31-32/h4-7,19-23,34H,8-18H2,1-3H3. The number of methoxy groups -OCH3 is 1. The van der Waals surface area contributed by atoms with Gasteiger partial charge in [0.2, 0.25) is 0 Å². The predicted molar refractivity (Wildman–Crippen MR) is 135 cm³/mol. The molecule has 0 spiro atoms. The Morgan fingerprint density at radius 2 is 1.77 bits per heavy atom. The van der Waals surface area contributed by atoms with Gasteiger partial charge in [0.15, 0.2) is 5.78 Å². The molecule has 4 aliphatic carbocycles. The molecule has 6 rings (SSSR count). The number of hydrogen-bond donors (Lipinski definition) is 1. The van der Waals surface area contributed by atoms with E-state index in [9.17, 15) is 9.90 Å². The fourth-order valence-corrected chi connectivity index (χ4v) is 9.54. The van der Waals surface area contributed by atoms with E-state index in [4.69, 9.17) is 4.74 Å². The van der Waals surface area contributed by atoms with Crippen molar-refractivity contribution in [3.05, 3.63) is 24.3 Å². The minimum absolute atomic E-state index is 0.0755. The Labute approximate surface area is 208 Å². The number of aromatic nitrogens is 3. The van der Waals surface area contributed by atoms with Crippen molar-refractivity contribution in [2.75, 3.05) is 13.7 Å². The molecule has 6 nitrogen and oxygen atoms in total. The fourth-order valence-electron chi connectivity index (χ4n) is 9.54. The Hall–Kier alpha value is -1.79. The number of aliphatic hydroxyl groups is 1. The molecule has 1 aromatic heterocycles. The van der Waals surface area contributed by atoms with Crippen LogP contribution in [0.4, 0.5) is 0 Å². The number of ketones is 1. The van der Waals surface area contributed by atoms with E-state index in [1.807, 2.05) is 38.3 Å². The lowest BCUT2D eigenvalue weighted by Gasteiger charge is -2.62. The van der Waals surface area contributed by atoms with Gasteiger partial charge in [-0.1, -0.05) is 19.1 Å². The summed E-state index contributed by atoms with van der Waals surface area (Å²) in [4.78, 5) is 15.2. The molecule has 0 bridgehead atoms. The lowest BCUT2D eigenvalue weighted by atomic mass is 9.43. The third kappa shape index (κ3) is 3.69. The minimum Gasteiger partial charge on any atom is -0.390 e. The van der Waals surface area contributed by atoms with E-state index in [2.05, 4.69) is 17.1 Å². The molecule has 0 aliphatic heterocycles. The Bertz CT molecular complexity index is 1080. The molecule has 2 aromatic rings. The number of nitrogens with zero attached hydrogens (tertiary/aromatic N) is 3. The second-order valence-electron chi connectivity index (χ2n) is 12.9. The zero-order chi connectivity index (χ0) is 24.4. The van der Waals surface area contributed by atoms with Crippen LogP contribution in [0, 0.1) is 40.4 Å². The maximum Gasteiger partial charge on any atom is 0.159 e. The Morgan fingerprint density at radius 1 is 1.03 bits per heavy atom. The van der Waals surface area contributed by atoms with Crippen molar-refractivity contribution in [2.45, 2.75) is 83.8 Å². The van der Waals surface area contributed by atoms with E-state index >= 15 is 0 Å². The van der Waals surface area contributed by atoms with Gasteiger partial charge in [-0.05, 0) is 111 Å². The van der Waals surface area contributed by atoms with Gasteiger partial charge in [-0.15, -0.1) is 0 Å². The lowest BCUT2D eigenvalue weighted by Crippen LogP contribution is -2.58. The van der Waals surface area contributed by atoms with Crippen molar-refractivity contribution in [3.63, 3.8) is 0 Å². The summed E-state index contributed by atoms with van der Waals surface area (Å²) in [5.41, 5.74) is 1.44. The maximum atomic E-state index is 13.6. The quantitative estimate of drug-likeness (QED) is 0.650. The van der Waals surface area contributed by atoms with Crippen LogP contribution in [0.1, 0.15) is 71.6 Å². The zero-order valence-electron chi connectivity index (χ0n) is 21.6. The summed E-state index contributed by atoms with van der Waals surface area (Å²) in [5, 5.41) is 20.0. The third-order valence-electron chi connectivity index (χ3n) is 11.1. The first-order valence-electron chi connectivity index (χ1n) is 13.8. The maximum absolute atomic E-state index is 13.6. The van der Waals surface area contributed by atoms with E-state index in [0.29, 0.717) is 29.5 Å². The van der Waals surface area contributed by atoms with Crippen molar-refractivity contribution in [1.29, 1.82) is 0 Å². The highest BCUT2D eigenvalue weighted by atomic mass is 16.5. The molecule has 0 amide bonds. The SMILES string of the molecule is COCC12CCC(C)(O)CC1CCC1C3CCC(C(=O)Cn4nc5ccccc5n4)C3(C)CCC12. The molecule has 4 aliphatic rings. The molecule has 6 heteroatoms. The first-order chi connectivity index (χ1) is 16.8. The number of rotatable bonds is 5. The van der Waals surface area contributed by atoms with Crippen LogP contribution in [0.25, 0.3) is 11.0 Å². The first-order valence-corrected chi connectivity index (χ1v) is 13.8. The smallest absolute Gasteiger partial charge is 0.159 e. The average molecular weight is 480 g/mol. The second-order valence-corrected chi connectivity index (χ2v) is 12.9. The van der Waals surface area contributed by atoms with Gasteiger partial charge in [0.05, 0.1) is 12.2 Å². The van der Waals surface area contributed by atoms with Crippen LogP contribution >= 0.6 is 0 Å². The zero-order valence-corrected chi connectivity index (χ0v) is 21.6. The number of carbonyl (C=O) groups is 1. The number of benzene rings is 1. The largest absolute Gasteiger partial charge is 0.390 e. The molecular formula is C29H41N3O3. The molecule has 35 heavy (non-hydrogen) atoms. The molecule has 1 N–H and O–H groups in total. The van der Waals surface area contributed by atoms with Crippen molar-refractivity contribution in [2.24, 2.45) is 40.4 Å². The van der Waals surface area contributed by atoms with Gasteiger partial charge in [-0.3, -0.25) is 4.79 Å². The van der Waals surface area contributed by atoms with Gasteiger partial charge < -0.3 is 9.84 Å². The molecule has 0 radical (unpaired) electrons. The topological polar surface area (TPSA) is 77.2 Å². The van der Waals surface area contributed by atoms with Gasteiger partial charge in [0.25, 0.3) is 0 Å². The van der Waals surface area contributed by atoms with Gasteiger partial charge in [0.1, 0.15) is 17.6 Å². The summed E-state index contributed by atoms with van der Waals surface area (Å²) in [6.45, 7) is 5.54. The summed E-state index contributed by atoms with van der Waals surface area (Å²) in [6, 6.07) is 7.83. The Kier molecular flexibility index (Phi) is 5.65. The monoisotopic (exact) mass is 479 g/mol. The number of carbonyl (C=O) groups excluding carboxylic acids is 1. The van der Waals surface area contributed by atoms with Gasteiger partial charge in [-0.2, -0.15) is 15.0 Å². The fraction of sp³-hybridized carbons (Fsp3) is 0.759. The van der Waals surface area contributed by atoms with Gasteiger partial charge >= 0.3 is 0 Å². The molecular weight excluding hydrogens is 438 g/mol. The summed E-state index contributed by atoms with van der Waals surface area (Å²) >= 11 is 0. The molecule has 8 unspecified atom stereocenters. The van der Waals surface area contributed by atoms with Crippen LogP contribution in [-0.4, -0.2) is 45.2 Å². The normalized spacial score (nSPS) is 42.9. The summed E-state index contributed by atoms with van der Waals surface area (Å²) in [6.07, 6.45) is 9.77. The van der Waals surface area contributed by atoms with Crippen LogP contribution in [-0.2, 0) is 16.1 Å². The summed E-state index contributed by atoms with van der Waals surface area (Å²) in [7, 11) is 1.85. The highest BCUT2D eigenvalue weighted by Crippen LogP contribution is 2.68. The molecule has 4 fully saturated rings. The molecule has 4 saturated carbocycles. The van der Waals surface area contributed by atoms with Crippen LogP contribution < -0.4 is 0 Å². The highest BCUT2D eigenvalue weighted by molar-refractivity contribution is 5.82. The Morgan fingerprint density at radius 3 is 2.49 bits per heavy atom. The van der Waals surface area contributed by atoms with E-state index in [0.717, 1.165) is 56.2 Å². The average Bonchev–Trinajstić information content (AvgIpc) is 3.39. The molecule has 1 heterocycles. The van der Waals surface area contributed by atoms with Crippen molar-refractivity contribution < 1.29 is 14.6 Å². The molecule has 0 saturated heterocycles. The van der Waals surface area contributed by atoms with Crippen LogP contribution in [0.5, 0.6) is 0 Å². The van der Waals surface area contributed by atoms with E-state index < -0.39 is 5.60 Å². The summed E-state index contributed by atoms with van der Waals surface area (Å²) < 4.78 is 5.89. The van der Waals surface area contributed by atoms with E-state index in [1.165, 1.54) is 19.3 Å². The molecule has 190 valence electrons.